The zero-order valence-electron chi connectivity index (χ0n) is 19.5. The number of hydrogen-bond acceptors (Lipinski definition) is 5. The van der Waals surface area contributed by atoms with E-state index in [4.69, 9.17) is 4.74 Å². The third-order valence-electron chi connectivity index (χ3n) is 5.83. The highest BCUT2D eigenvalue weighted by Gasteiger charge is 2.47. The molecule has 0 aliphatic carbocycles. The van der Waals surface area contributed by atoms with Crippen LogP contribution in [0.5, 0.6) is 5.75 Å². The van der Waals surface area contributed by atoms with E-state index in [-0.39, 0.29) is 11.4 Å². The number of nitrogens with zero attached hydrogens (tertiary/aromatic N) is 2. The van der Waals surface area contributed by atoms with Gasteiger partial charge in [0.1, 0.15) is 5.75 Å². The Morgan fingerprint density at radius 2 is 1.68 bits per heavy atom. The molecule has 2 aromatic carbocycles. The Morgan fingerprint density at radius 1 is 1.03 bits per heavy atom. The molecule has 1 unspecified atom stereocenters. The molecule has 0 bridgehead atoms. The summed E-state index contributed by atoms with van der Waals surface area (Å²) in [6, 6.07) is 18.2. The van der Waals surface area contributed by atoms with Gasteiger partial charge in [0.15, 0.2) is 17.7 Å². The summed E-state index contributed by atoms with van der Waals surface area (Å²) in [6.07, 6.45) is 1.41. The van der Waals surface area contributed by atoms with Crippen LogP contribution in [0.1, 0.15) is 32.4 Å². The van der Waals surface area contributed by atoms with Gasteiger partial charge in [-0.2, -0.15) is 4.73 Å². The smallest absolute Gasteiger partial charge is 0.294 e. The van der Waals surface area contributed by atoms with Gasteiger partial charge in [-0.1, -0.05) is 39.0 Å². The molecule has 7 nitrogen and oxygen atoms in total. The lowest BCUT2D eigenvalue weighted by Gasteiger charge is -2.29. The second-order valence-electron chi connectivity index (χ2n) is 9.12. The number of amides is 1. The summed E-state index contributed by atoms with van der Waals surface area (Å²) >= 11 is 0. The van der Waals surface area contributed by atoms with Crippen LogP contribution < -0.4 is 14.4 Å². The van der Waals surface area contributed by atoms with Crippen LogP contribution in [0, 0.1) is 10.6 Å². The molecule has 1 N–H and O–H groups in total. The number of Topliss-reactive ketones (excluding diaryl/α,β-unsaturated/α-hetero) is 1. The van der Waals surface area contributed by atoms with Crippen molar-refractivity contribution in [3.8, 4) is 17.0 Å². The van der Waals surface area contributed by atoms with Crippen molar-refractivity contribution in [1.29, 1.82) is 0 Å². The first kappa shape index (κ1) is 23.0. The molecule has 34 heavy (non-hydrogen) atoms. The van der Waals surface area contributed by atoms with Crippen LogP contribution in [-0.2, 0) is 9.59 Å². The summed E-state index contributed by atoms with van der Waals surface area (Å²) in [7, 11) is 1.52. The van der Waals surface area contributed by atoms with Gasteiger partial charge in [-0.25, -0.2) is 0 Å². The van der Waals surface area contributed by atoms with Gasteiger partial charge in [-0.05, 0) is 36.4 Å². The number of ketones is 1. The number of benzene rings is 2. The van der Waals surface area contributed by atoms with E-state index >= 15 is 0 Å². The lowest BCUT2D eigenvalue weighted by atomic mass is 9.82. The number of ether oxygens (including phenoxy) is 1. The van der Waals surface area contributed by atoms with Gasteiger partial charge in [0, 0.05) is 34.4 Å². The predicted molar refractivity (Wildman–Crippen MR) is 128 cm³/mol. The van der Waals surface area contributed by atoms with Crippen molar-refractivity contribution in [1.82, 2.24) is 0 Å². The number of rotatable bonds is 5. The van der Waals surface area contributed by atoms with E-state index in [0.29, 0.717) is 28.3 Å². The Labute approximate surface area is 198 Å². The Balaban J connectivity index is 1.85. The Kier molecular flexibility index (Phi) is 5.87. The van der Waals surface area contributed by atoms with Gasteiger partial charge in [0.05, 0.1) is 18.7 Å². The van der Waals surface area contributed by atoms with E-state index in [1.807, 2.05) is 0 Å². The van der Waals surface area contributed by atoms with E-state index in [0.717, 1.165) is 4.73 Å². The molecule has 0 saturated heterocycles. The first-order valence-electron chi connectivity index (χ1n) is 10.9. The third kappa shape index (κ3) is 3.90. The Morgan fingerprint density at radius 3 is 2.29 bits per heavy atom. The van der Waals surface area contributed by atoms with Crippen molar-refractivity contribution >= 4 is 17.4 Å². The summed E-state index contributed by atoms with van der Waals surface area (Å²) in [4.78, 5) is 28.1. The molecule has 3 aromatic rings. The van der Waals surface area contributed by atoms with Gasteiger partial charge < -0.3 is 15.1 Å². The number of carbonyl (C=O) groups excluding carboxylic acids is 2. The minimum atomic E-state index is -0.873. The van der Waals surface area contributed by atoms with Crippen molar-refractivity contribution < 1.29 is 24.2 Å². The van der Waals surface area contributed by atoms with E-state index in [1.54, 1.807) is 87.5 Å². The number of aromatic nitrogens is 1. The molecule has 1 aromatic heterocycles. The minimum Gasteiger partial charge on any atom is -0.618 e. The molecular weight excluding hydrogens is 432 g/mol. The highest BCUT2D eigenvalue weighted by molar-refractivity contribution is 6.17. The average Bonchev–Trinajstić information content (AvgIpc) is 3.08. The normalized spacial score (nSPS) is 16.2. The van der Waals surface area contributed by atoms with Crippen molar-refractivity contribution in [3.63, 3.8) is 0 Å². The molecule has 0 spiro atoms. The van der Waals surface area contributed by atoms with Crippen LogP contribution in [0.3, 0.4) is 0 Å². The topological polar surface area (TPSA) is 93.8 Å². The fraction of sp³-hybridized carbons (Fsp3) is 0.222. The number of methoxy groups -OCH3 is 1. The maximum atomic E-state index is 13.4. The van der Waals surface area contributed by atoms with Crippen LogP contribution in [0.25, 0.3) is 11.3 Å². The third-order valence-corrected chi connectivity index (χ3v) is 5.83. The summed E-state index contributed by atoms with van der Waals surface area (Å²) < 4.78 is 6.29. The van der Waals surface area contributed by atoms with Gasteiger partial charge in [0.25, 0.3) is 5.91 Å². The standard InChI is InChI=1S/C27H26N2O5/c1-27(2,3)25(31)22-23(19-9-5-6-11-21(19)34-4)29(26(32)24(22)30)18-14-12-17(13-15-18)20-10-7-8-16-28(20)33/h5-16,23,30H,1-4H3. The molecule has 4 rings (SSSR count). The molecule has 7 heteroatoms. The highest BCUT2D eigenvalue weighted by Crippen LogP contribution is 2.45. The molecule has 1 atom stereocenters. The lowest BCUT2D eigenvalue weighted by molar-refractivity contribution is -0.593. The Hall–Kier alpha value is -4.13. The summed E-state index contributed by atoms with van der Waals surface area (Å²) in [6.45, 7) is 5.23. The zero-order valence-corrected chi connectivity index (χ0v) is 19.5. The van der Waals surface area contributed by atoms with Crippen LogP contribution >= 0.6 is 0 Å². The van der Waals surface area contributed by atoms with Crippen molar-refractivity contribution in [2.45, 2.75) is 26.8 Å². The summed E-state index contributed by atoms with van der Waals surface area (Å²) in [5, 5.41) is 23.0. The maximum Gasteiger partial charge on any atom is 0.294 e. The second-order valence-corrected chi connectivity index (χ2v) is 9.12. The van der Waals surface area contributed by atoms with E-state index in [9.17, 15) is 19.9 Å². The molecule has 0 saturated carbocycles. The molecule has 1 aliphatic rings. The Bertz CT molecular complexity index is 1290. The zero-order chi connectivity index (χ0) is 24.6. The van der Waals surface area contributed by atoms with Crippen LogP contribution in [0.2, 0.25) is 0 Å². The second kappa shape index (κ2) is 8.67. The van der Waals surface area contributed by atoms with Gasteiger partial charge in [-0.15, -0.1) is 0 Å². The monoisotopic (exact) mass is 458 g/mol. The molecule has 0 radical (unpaired) electrons. The molecular formula is C27H26N2O5. The van der Waals surface area contributed by atoms with Gasteiger partial charge in [-0.3, -0.25) is 14.5 Å². The minimum absolute atomic E-state index is 0.0338. The largest absolute Gasteiger partial charge is 0.618 e. The summed E-state index contributed by atoms with van der Waals surface area (Å²) in [5.74, 6) is -1.08. The van der Waals surface area contributed by atoms with Crippen molar-refractivity contribution in [2.75, 3.05) is 12.0 Å². The number of anilines is 1. The predicted octanol–water partition coefficient (Wildman–Crippen LogP) is 4.51. The van der Waals surface area contributed by atoms with Crippen LogP contribution in [0.4, 0.5) is 5.69 Å². The fourth-order valence-corrected chi connectivity index (χ4v) is 4.14. The average molecular weight is 459 g/mol. The molecule has 174 valence electrons. The molecule has 2 heterocycles. The number of hydrogen-bond donors (Lipinski definition) is 1. The molecule has 1 amide bonds. The molecule has 1 aliphatic heterocycles. The van der Waals surface area contributed by atoms with Gasteiger partial charge >= 0.3 is 0 Å². The highest BCUT2D eigenvalue weighted by atomic mass is 16.5. The van der Waals surface area contributed by atoms with Crippen LogP contribution in [-0.4, -0.2) is 23.9 Å². The number of para-hydroxylation sites is 1. The van der Waals surface area contributed by atoms with E-state index < -0.39 is 23.1 Å². The number of aliphatic hydroxyl groups is 1. The number of pyridine rings is 1. The SMILES string of the molecule is COc1ccccc1C1C(C(=O)C(C)(C)C)=C(O)C(=O)N1c1ccc(-c2cccc[n+]2[O-])cc1. The first-order chi connectivity index (χ1) is 16.1. The fourth-order valence-electron chi connectivity index (χ4n) is 4.14. The van der Waals surface area contributed by atoms with Gasteiger partial charge in [0.2, 0.25) is 5.69 Å². The maximum absolute atomic E-state index is 13.4. The quantitative estimate of drug-likeness (QED) is 0.448. The van der Waals surface area contributed by atoms with Crippen LogP contribution in [0.15, 0.2) is 84.3 Å². The van der Waals surface area contributed by atoms with E-state index in [1.165, 1.54) is 18.2 Å². The number of carbonyl (C=O) groups is 2. The van der Waals surface area contributed by atoms with Crippen molar-refractivity contribution in [3.05, 3.63) is 95.0 Å². The summed E-state index contributed by atoms with van der Waals surface area (Å²) in [5.41, 5.74) is 1.40. The van der Waals surface area contributed by atoms with E-state index in [2.05, 4.69) is 0 Å². The lowest BCUT2D eigenvalue weighted by Crippen LogP contribution is -2.33. The van der Waals surface area contributed by atoms with Crippen molar-refractivity contribution in [2.24, 2.45) is 5.41 Å². The first-order valence-corrected chi connectivity index (χ1v) is 10.9. The number of aliphatic hydroxyl groups excluding tert-OH is 1. The molecule has 0 fully saturated rings.